The van der Waals surface area contributed by atoms with Crippen LogP contribution in [-0.4, -0.2) is 39.0 Å². The van der Waals surface area contributed by atoms with Crippen molar-refractivity contribution in [3.05, 3.63) is 35.4 Å². The van der Waals surface area contributed by atoms with E-state index in [2.05, 4.69) is 21.3 Å². The van der Waals surface area contributed by atoms with Crippen LogP contribution >= 0.6 is 0 Å². The van der Waals surface area contributed by atoms with Gasteiger partial charge in [0, 0.05) is 25.9 Å². The normalized spacial score (nSPS) is 10.5. The van der Waals surface area contributed by atoms with Gasteiger partial charge in [-0.1, -0.05) is 24.3 Å². The van der Waals surface area contributed by atoms with Gasteiger partial charge >= 0.3 is 0 Å². The summed E-state index contributed by atoms with van der Waals surface area (Å²) in [6.07, 6.45) is 4.97. The minimum absolute atomic E-state index is 0.0933. The molecular weight excluding hydrogens is 328 g/mol. The Labute approximate surface area is 157 Å². The summed E-state index contributed by atoms with van der Waals surface area (Å²) >= 11 is 0. The molecular formula is C20H34N4O2. The van der Waals surface area contributed by atoms with E-state index >= 15 is 0 Å². The predicted molar refractivity (Wildman–Crippen MR) is 106 cm³/mol. The first-order valence-corrected chi connectivity index (χ1v) is 9.56. The van der Waals surface area contributed by atoms with E-state index in [0.29, 0.717) is 25.9 Å². The fourth-order valence-electron chi connectivity index (χ4n) is 2.53. The molecule has 1 rings (SSSR count). The fourth-order valence-corrected chi connectivity index (χ4v) is 2.53. The fraction of sp³-hybridized carbons (Fsp3) is 0.600. The van der Waals surface area contributed by atoms with Gasteiger partial charge in [-0.25, -0.2) is 0 Å². The number of rotatable bonds is 14. The lowest BCUT2D eigenvalue weighted by atomic mass is 10.1. The molecule has 146 valence electrons. The molecule has 4 N–H and O–H groups in total. The first-order valence-electron chi connectivity index (χ1n) is 9.56. The average molecular weight is 363 g/mol. The monoisotopic (exact) mass is 362 g/mol. The molecule has 2 amide bonds. The maximum atomic E-state index is 11.8. The van der Waals surface area contributed by atoms with Crippen molar-refractivity contribution < 1.29 is 9.59 Å². The molecule has 0 saturated carbocycles. The number of unbranched alkanes of at least 4 members (excludes halogenated alkanes) is 2. The number of amides is 2. The van der Waals surface area contributed by atoms with Gasteiger partial charge in [0.2, 0.25) is 11.8 Å². The molecule has 0 aromatic heterocycles. The standard InChI is InChI=1S/C20H34N4O2/c1-21-13-5-3-7-19(25)23-15-17-9-11-18(12-10-17)16-24-20(26)8-4-6-14-22-2/h9-12,21-22H,3-8,13-16H2,1-2H3,(H,23,25)(H,24,26). The van der Waals surface area contributed by atoms with E-state index in [4.69, 9.17) is 0 Å². The van der Waals surface area contributed by atoms with Gasteiger partial charge in [0.1, 0.15) is 0 Å². The van der Waals surface area contributed by atoms with E-state index in [-0.39, 0.29) is 11.8 Å². The van der Waals surface area contributed by atoms with Crippen LogP contribution in [0.5, 0.6) is 0 Å². The average Bonchev–Trinajstić information content (AvgIpc) is 2.66. The Balaban J connectivity index is 2.20. The van der Waals surface area contributed by atoms with E-state index < -0.39 is 0 Å². The van der Waals surface area contributed by atoms with E-state index in [0.717, 1.165) is 49.9 Å². The summed E-state index contributed by atoms with van der Waals surface area (Å²) in [5.74, 6) is 0.187. The number of carbonyl (C=O) groups excluding carboxylic acids is 2. The van der Waals surface area contributed by atoms with Crippen LogP contribution < -0.4 is 21.3 Å². The highest BCUT2D eigenvalue weighted by Gasteiger charge is 2.03. The predicted octanol–water partition coefficient (Wildman–Crippen LogP) is 1.70. The van der Waals surface area contributed by atoms with Crippen molar-refractivity contribution in [1.29, 1.82) is 0 Å². The van der Waals surface area contributed by atoms with Crippen LogP contribution in [0.2, 0.25) is 0 Å². The molecule has 0 heterocycles. The van der Waals surface area contributed by atoms with E-state index in [1.54, 1.807) is 0 Å². The van der Waals surface area contributed by atoms with Crippen molar-refractivity contribution in [2.75, 3.05) is 27.2 Å². The molecule has 0 spiro atoms. The summed E-state index contributed by atoms with van der Waals surface area (Å²) in [5.41, 5.74) is 2.13. The molecule has 0 atom stereocenters. The van der Waals surface area contributed by atoms with Gasteiger partial charge in [-0.15, -0.1) is 0 Å². The number of nitrogens with one attached hydrogen (secondary N) is 4. The second kappa shape index (κ2) is 14.3. The van der Waals surface area contributed by atoms with E-state index in [1.165, 1.54) is 0 Å². The summed E-state index contributed by atoms with van der Waals surface area (Å²) in [4.78, 5) is 23.5. The third kappa shape index (κ3) is 10.8. The third-order valence-corrected chi connectivity index (χ3v) is 4.16. The van der Waals surface area contributed by atoms with Gasteiger partial charge in [-0.3, -0.25) is 9.59 Å². The van der Waals surface area contributed by atoms with Crippen LogP contribution in [0, 0.1) is 0 Å². The molecule has 0 unspecified atom stereocenters. The third-order valence-electron chi connectivity index (χ3n) is 4.16. The number of hydrogen-bond acceptors (Lipinski definition) is 4. The Bertz CT molecular complexity index is 470. The molecule has 0 bridgehead atoms. The first kappa shape index (κ1) is 22.1. The van der Waals surface area contributed by atoms with Gasteiger partial charge in [0.25, 0.3) is 0 Å². The molecule has 1 aromatic carbocycles. The van der Waals surface area contributed by atoms with Gasteiger partial charge in [0.15, 0.2) is 0 Å². The molecule has 0 aliphatic rings. The van der Waals surface area contributed by atoms with Crippen molar-refractivity contribution in [3.8, 4) is 0 Å². The van der Waals surface area contributed by atoms with Gasteiger partial charge in [-0.05, 0) is 64.0 Å². The number of hydrogen-bond donors (Lipinski definition) is 4. The lowest BCUT2D eigenvalue weighted by Gasteiger charge is -2.08. The summed E-state index contributed by atoms with van der Waals surface area (Å²) in [5, 5.41) is 12.0. The second-order valence-corrected chi connectivity index (χ2v) is 6.49. The summed E-state index contributed by atoms with van der Waals surface area (Å²) < 4.78 is 0. The summed E-state index contributed by atoms with van der Waals surface area (Å²) in [6.45, 7) is 2.98. The minimum Gasteiger partial charge on any atom is -0.352 e. The molecule has 0 aliphatic carbocycles. The number of carbonyl (C=O) groups is 2. The maximum absolute atomic E-state index is 11.8. The molecule has 6 nitrogen and oxygen atoms in total. The Kier molecular flexibility index (Phi) is 12.1. The molecule has 0 aliphatic heterocycles. The maximum Gasteiger partial charge on any atom is 0.220 e. The lowest BCUT2D eigenvalue weighted by molar-refractivity contribution is -0.122. The second-order valence-electron chi connectivity index (χ2n) is 6.49. The Morgan fingerprint density at radius 2 is 1.08 bits per heavy atom. The zero-order valence-corrected chi connectivity index (χ0v) is 16.2. The topological polar surface area (TPSA) is 82.3 Å². The largest absolute Gasteiger partial charge is 0.352 e. The van der Waals surface area contributed by atoms with Gasteiger partial charge in [-0.2, -0.15) is 0 Å². The van der Waals surface area contributed by atoms with Crippen molar-refractivity contribution in [1.82, 2.24) is 21.3 Å². The van der Waals surface area contributed by atoms with Crippen molar-refractivity contribution in [2.45, 2.75) is 51.6 Å². The highest BCUT2D eigenvalue weighted by atomic mass is 16.2. The van der Waals surface area contributed by atoms with Crippen LogP contribution in [-0.2, 0) is 22.7 Å². The molecule has 0 fully saturated rings. The molecule has 6 heteroatoms. The highest BCUT2D eigenvalue weighted by molar-refractivity contribution is 5.76. The van der Waals surface area contributed by atoms with Gasteiger partial charge < -0.3 is 21.3 Å². The highest BCUT2D eigenvalue weighted by Crippen LogP contribution is 2.05. The van der Waals surface area contributed by atoms with Crippen molar-refractivity contribution in [2.24, 2.45) is 0 Å². The van der Waals surface area contributed by atoms with Crippen LogP contribution in [0.15, 0.2) is 24.3 Å². The van der Waals surface area contributed by atoms with E-state index in [1.807, 2.05) is 38.4 Å². The first-order chi connectivity index (χ1) is 12.7. The molecule has 0 saturated heterocycles. The molecule has 1 aromatic rings. The zero-order chi connectivity index (χ0) is 19.0. The molecule has 26 heavy (non-hydrogen) atoms. The van der Waals surface area contributed by atoms with Crippen LogP contribution in [0.25, 0.3) is 0 Å². The zero-order valence-electron chi connectivity index (χ0n) is 16.2. The van der Waals surface area contributed by atoms with Gasteiger partial charge in [0.05, 0.1) is 0 Å². The minimum atomic E-state index is 0.0933. The Morgan fingerprint density at radius 3 is 1.42 bits per heavy atom. The summed E-state index contributed by atoms with van der Waals surface area (Å²) in [6, 6.07) is 7.98. The SMILES string of the molecule is CNCCCCC(=O)NCc1ccc(CNC(=O)CCCCNC)cc1. The smallest absolute Gasteiger partial charge is 0.220 e. The lowest BCUT2D eigenvalue weighted by Crippen LogP contribution is -2.23. The van der Waals surface area contributed by atoms with Crippen LogP contribution in [0.3, 0.4) is 0 Å². The van der Waals surface area contributed by atoms with E-state index in [9.17, 15) is 9.59 Å². The summed E-state index contributed by atoms with van der Waals surface area (Å²) in [7, 11) is 3.83. The quantitative estimate of drug-likeness (QED) is 0.380. The Hall–Kier alpha value is -1.92. The van der Waals surface area contributed by atoms with Crippen LogP contribution in [0.1, 0.15) is 49.7 Å². The Morgan fingerprint density at radius 1 is 0.692 bits per heavy atom. The van der Waals surface area contributed by atoms with Crippen LogP contribution in [0.4, 0.5) is 0 Å². The molecule has 0 radical (unpaired) electrons. The van der Waals surface area contributed by atoms with Crippen molar-refractivity contribution >= 4 is 11.8 Å². The van der Waals surface area contributed by atoms with Crippen molar-refractivity contribution in [3.63, 3.8) is 0 Å². The number of benzene rings is 1.